The van der Waals surface area contributed by atoms with Gasteiger partial charge >= 0.3 is 5.97 Å². The first kappa shape index (κ1) is 27.4. The van der Waals surface area contributed by atoms with E-state index in [2.05, 4.69) is 31.6 Å². The van der Waals surface area contributed by atoms with Crippen LogP contribution in [-0.2, 0) is 20.9 Å². The highest BCUT2D eigenvalue weighted by Gasteiger charge is 2.25. The van der Waals surface area contributed by atoms with Crippen LogP contribution in [-0.4, -0.2) is 68.8 Å². The quantitative estimate of drug-likeness (QED) is 0.316. The molecule has 0 radical (unpaired) electrons. The van der Waals surface area contributed by atoms with Gasteiger partial charge < -0.3 is 20.1 Å². The highest BCUT2D eigenvalue weighted by atomic mass is 16.5. The summed E-state index contributed by atoms with van der Waals surface area (Å²) in [7, 11) is 1.44. The van der Waals surface area contributed by atoms with E-state index >= 15 is 0 Å². The van der Waals surface area contributed by atoms with E-state index in [-0.39, 0.29) is 18.4 Å². The lowest BCUT2D eigenvalue weighted by Gasteiger charge is -2.31. The molecule has 0 aliphatic carbocycles. The van der Waals surface area contributed by atoms with Gasteiger partial charge in [0.25, 0.3) is 5.91 Å². The van der Waals surface area contributed by atoms with Crippen molar-refractivity contribution < 1.29 is 19.4 Å². The van der Waals surface area contributed by atoms with Crippen LogP contribution in [0.15, 0.2) is 60.8 Å². The number of methoxy groups -OCH3 is 1. The summed E-state index contributed by atoms with van der Waals surface area (Å²) in [5.41, 5.74) is 3.80. The largest absolute Gasteiger partial charge is 0.481 e. The Morgan fingerprint density at radius 3 is 2.63 bits per heavy atom. The molecule has 12 heteroatoms. The number of carboxylic acid groups (broad SMARTS) is 1. The van der Waals surface area contributed by atoms with Crippen molar-refractivity contribution in [1.29, 1.82) is 5.26 Å². The molecule has 3 aromatic heterocycles. The minimum absolute atomic E-state index is 0.120. The van der Waals surface area contributed by atoms with Crippen LogP contribution in [0, 0.1) is 17.2 Å². The van der Waals surface area contributed by atoms with Crippen molar-refractivity contribution in [3.63, 3.8) is 0 Å². The summed E-state index contributed by atoms with van der Waals surface area (Å²) < 4.78 is 6.60. The number of benzene rings is 1. The molecule has 0 unspecified atom stereocenters. The first-order valence-electron chi connectivity index (χ1n) is 13.1. The number of aliphatic carboxylic acids is 1. The molecule has 1 fully saturated rings. The minimum Gasteiger partial charge on any atom is -0.481 e. The summed E-state index contributed by atoms with van der Waals surface area (Å²) in [5, 5.41) is 30.0. The molecule has 0 atom stereocenters. The summed E-state index contributed by atoms with van der Waals surface area (Å²) in [5.74, 6) is -0.273. The molecular formula is C29H28N8O4. The second-order valence-corrected chi connectivity index (χ2v) is 9.69. The van der Waals surface area contributed by atoms with Crippen molar-refractivity contribution in [2.45, 2.75) is 19.4 Å². The van der Waals surface area contributed by atoms with E-state index < -0.39 is 5.97 Å². The van der Waals surface area contributed by atoms with Crippen molar-refractivity contribution in [3.05, 3.63) is 72.1 Å². The van der Waals surface area contributed by atoms with Gasteiger partial charge in [0.2, 0.25) is 0 Å². The monoisotopic (exact) mass is 552 g/mol. The van der Waals surface area contributed by atoms with Crippen LogP contribution < -0.4 is 10.2 Å². The number of carbonyl (C=O) groups is 2. The smallest absolute Gasteiger partial charge is 0.306 e. The number of nitriles is 1. The van der Waals surface area contributed by atoms with E-state index in [0.29, 0.717) is 66.4 Å². The molecule has 208 valence electrons. The topological polar surface area (TPSA) is 159 Å². The van der Waals surface area contributed by atoms with E-state index in [4.69, 9.17) is 9.72 Å². The molecule has 0 spiro atoms. The van der Waals surface area contributed by atoms with Gasteiger partial charge in [-0.05, 0) is 49.2 Å². The maximum atomic E-state index is 12.2. The van der Waals surface area contributed by atoms with Crippen molar-refractivity contribution in [3.8, 4) is 28.6 Å². The van der Waals surface area contributed by atoms with Crippen molar-refractivity contribution >= 4 is 23.5 Å². The van der Waals surface area contributed by atoms with Gasteiger partial charge in [-0.1, -0.05) is 23.4 Å². The van der Waals surface area contributed by atoms with Gasteiger partial charge in [-0.25, -0.2) is 14.6 Å². The SMILES string of the molecule is COCC(=O)Nc1cc(-c2cn(Cc3cccc(N4CCC(C(=O)O)CC4)n3)nn2)cc(-c2cccc(C#N)c2)n1. The zero-order valence-electron chi connectivity index (χ0n) is 22.4. The third-order valence-electron chi connectivity index (χ3n) is 6.77. The molecule has 1 saturated heterocycles. The third-order valence-corrected chi connectivity index (χ3v) is 6.77. The summed E-state index contributed by atoms with van der Waals surface area (Å²) in [6.45, 7) is 1.55. The molecule has 4 aromatic rings. The lowest BCUT2D eigenvalue weighted by atomic mass is 9.97. The molecule has 1 aliphatic rings. The molecule has 0 saturated carbocycles. The number of hydrogen-bond acceptors (Lipinski definition) is 9. The average molecular weight is 553 g/mol. The maximum absolute atomic E-state index is 12.2. The van der Waals surface area contributed by atoms with Gasteiger partial charge in [-0.3, -0.25) is 9.59 Å². The van der Waals surface area contributed by atoms with Crippen molar-refractivity contribution in [2.75, 3.05) is 37.0 Å². The van der Waals surface area contributed by atoms with Crippen LogP contribution in [0.3, 0.4) is 0 Å². The number of amides is 1. The minimum atomic E-state index is -0.741. The van der Waals surface area contributed by atoms with Crippen LogP contribution in [0.25, 0.3) is 22.5 Å². The molecular weight excluding hydrogens is 524 g/mol. The van der Waals surface area contributed by atoms with Gasteiger partial charge in [0.15, 0.2) is 0 Å². The predicted octanol–water partition coefficient (Wildman–Crippen LogP) is 3.21. The fourth-order valence-electron chi connectivity index (χ4n) is 4.71. The van der Waals surface area contributed by atoms with Gasteiger partial charge in [0.1, 0.15) is 23.9 Å². The summed E-state index contributed by atoms with van der Waals surface area (Å²) in [6, 6.07) is 18.5. The lowest BCUT2D eigenvalue weighted by molar-refractivity contribution is -0.142. The van der Waals surface area contributed by atoms with Crippen molar-refractivity contribution in [1.82, 2.24) is 25.0 Å². The number of aromatic nitrogens is 5. The Morgan fingerprint density at radius 2 is 1.88 bits per heavy atom. The molecule has 5 rings (SSSR count). The molecule has 1 amide bonds. The van der Waals surface area contributed by atoms with Gasteiger partial charge in [0.05, 0.1) is 41.7 Å². The number of pyridine rings is 2. The molecule has 41 heavy (non-hydrogen) atoms. The Hall–Kier alpha value is -5.15. The van der Waals surface area contributed by atoms with Gasteiger partial charge in [-0.2, -0.15) is 5.26 Å². The summed E-state index contributed by atoms with van der Waals surface area (Å²) in [4.78, 5) is 34.9. The molecule has 0 bridgehead atoms. The Labute approximate surface area is 236 Å². The van der Waals surface area contributed by atoms with E-state index in [1.807, 2.05) is 30.3 Å². The van der Waals surface area contributed by atoms with Crippen LogP contribution in [0.4, 0.5) is 11.6 Å². The normalized spacial score (nSPS) is 13.5. The highest BCUT2D eigenvalue weighted by molar-refractivity contribution is 5.91. The molecule has 12 nitrogen and oxygen atoms in total. The van der Waals surface area contributed by atoms with Crippen molar-refractivity contribution in [2.24, 2.45) is 5.92 Å². The Morgan fingerprint density at radius 1 is 1.07 bits per heavy atom. The third kappa shape index (κ3) is 6.71. The number of ether oxygens (including phenoxy) is 1. The summed E-state index contributed by atoms with van der Waals surface area (Å²) in [6.07, 6.45) is 2.98. The second kappa shape index (κ2) is 12.4. The van der Waals surface area contributed by atoms with Crippen LogP contribution in [0.5, 0.6) is 0 Å². The molecule has 1 aromatic carbocycles. The standard InChI is InChI=1S/C29H28N8O4/c1-41-18-28(38)33-26-14-22(13-24(32-26)21-5-2-4-19(12-21)15-30)25-17-37(35-34-25)16-23-6-3-7-27(31-23)36-10-8-20(9-11-36)29(39)40/h2-7,12-14,17,20H,8-11,16,18H2,1H3,(H,39,40)(H,32,33,38). The molecule has 2 N–H and O–H groups in total. The van der Waals surface area contributed by atoms with E-state index in [1.54, 1.807) is 35.1 Å². The van der Waals surface area contributed by atoms with Crippen LogP contribution >= 0.6 is 0 Å². The number of rotatable bonds is 9. The zero-order valence-corrected chi connectivity index (χ0v) is 22.4. The Balaban J connectivity index is 1.38. The van der Waals surface area contributed by atoms with Crippen LogP contribution in [0.2, 0.25) is 0 Å². The average Bonchev–Trinajstić information content (AvgIpc) is 3.46. The fraction of sp³-hybridized carbons (Fsp3) is 0.276. The van der Waals surface area contributed by atoms with Gasteiger partial charge in [0, 0.05) is 31.3 Å². The zero-order chi connectivity index (χ0) is 28.8. The summed E-state index contributed by atoms with van der Waals surface area (Å²) >= 11 is 0. The number of nitrogens with zero attached hydrogens (tertiary/aromatic N) is 7. The number of carboxylic acids is 1. The number of anilines is 2. The molecule has 1 aliphatic heterocycles. The first-order chi connectivity index (χ1) is 19.9. The lowest BCUT2D eigenvalue weighted by Crippen LogP contribution is -2.36. The van der Waals surface area contributed by atoms with E-state index in [1.165, 1.54) is 7.11 Å². The van der Waals surface area contributed by atoms with Crippen LogP contribution in [0.1, 0.15) is 24.1 Å². The number of carbonyl (C=O) groups excluding carboxylic acids is 1. The highest BCUT2D eigenvalue weighted by Crippen LogP contribution is 2.28. The first-order valence-corrected chi connectivity index (χ1v) is 13.1. The van der Waals surface area contributed by atoms with E-state index in [0.717, 1.165) is 11.5 Å². The Kier molecular flexibility index (Phi) is 8.26. The number of piperidine rings is 1. The Bertz CT molecular complexity index is 1600. The second-order valence-electron chi connectivity index (χ2n) is 9.69. The van der Waals surface area contributed by atoms with E-state index in [9.17, 15) is 20.0 Å². The maximum Gasteiger partial charge on any atom is 0.306 e. The fourth-order valence-corrected chi connectivity index (χ4v) is 4.71. The van der Waals surface area contributed by atoms with Gasteiger partial charge in [-0.15, -0.1) is 5.10 Å². The number of hydrogen-bond donors (Lipinski definition) is 2. The molecule has 4 heterocycles. The predicted molar refractivity (Wildman–Crippen MR) is 150 cm³/mol. The number of nitrogens with one attached hydrogen (secondary N) is 1.